The number of rotatable bonds is 52. The summed E-state index contributed by atoms with van der Waals surface area (Å²) in [4.78, 5) is 3.16. The van der Waals surface area contributed by atoms with Crippen LogP contribution in [-0.2, 0) is 45.5 Å². The number of hydrogen-bond acceptors (Lipinski definition) is 13. The smallest absolute Gasteiger partial charge is 0.192 e. The van der Waals surface area contributed by atoms with Gasteiger partial charge in [-0.15, -0.1) is 0 Å². The average molecular weight is 1340 g/mol. The molecule has 0 aromatic heterocycles. The first-order valence-electron chi connectivity index (χ1n) is 36.5. The van der Waals surface area contributed by atoms with E-state index >= 15 is 0 Å². The van der Waals surface area contributed by atoms with Gasteiger partial charge in [0.15, 0.2) is 62.5 Å². The number of aliphatic hydroxyl groups excluding tert-OH is 2. The van der Waals surface area contributed by atoms with E-state index in [0.717, 1.165) is 128 Å². The molecule has 12 atom stereocenters. The Hall–Kier alpha value is -0.129. The maximum Gasteiger partial charge on any atom is 0.192 e. The molecule has 2 rings (SSSR count). The topological polar surface area (TPSA) is 182 Å². The molecule has 2 aliphatic heterocycles. The maximum absolute atomic E-state index is 13.1. The molecular weight excluding hydrogens is 1200 g/mol. The Morgan fingerprint density at radius 3 is 1.17 bits per heavy atom. The lowest BCUT2D eigenvalue weighted by molar-refractivity contribution is -0.353. The van der Waals surface area contributed by atoms with E-state index < -0.39 is 123 Å². The molecule has 87 heavy (non-hydrogen) atoms. The molecule has 2 N–H and O–H groups in total. The van der Waals surface area contributed by atoms with Crippen LogP contribution < -0.4 is 0 Å². The summed E-state index contributed by atoms with van der Waals surface area (Å²) in [6, 6.07) is 15.7. The average Bonchev–Trinajstić information content (AvgIpc) is 1.57. The maximum atomic E-state index is 13.1. The third-order valence-corrected chi connectivity index (χ3v) is 49.9. The Labute approximate surface area is 541 Å². The molecule has 2 fully saturated rings. The molecule has 2 saturated heterocycles. The fraction of sp³-hybridized carbons (Fsp3) is 0.970. The summed E-state index contributed by atoms with van der Waals surface area (Å²) in [5.74, 6) is 0. The zero-order valence-electron chi connectivity index (χ0n) is 59.7. The lowest BCUT2D eigenvalue weighted by atomic mass is 9.97. The molecule has 0 spiro atoms. The van der Waals surface area contributed by atoms with Crippen molar-refractivity contribution in [2.75, 3.05) is 19.8 Å². The van der Waals surface area contributed by atoms with E-state index in [1.807, 2.05) is 6.08 Å². The highest BCUT2D eigenvalue weighted by Crippen LogP contribution is 2.43. The first-order valence-corrected chi connectivity index (χ1v) is 51.6. The van der Waals surface area contributed by atoms with Crippen LogP contribution >= 0.6 is 0 Å². The molecule has 0 bridgehead atoms. The van der Waals surface area contributed by atoms with Gasteiger partial charge in [0, 0.05) is 4.91 Å². The summed E-state index contributed by atoms with van der Waals surface area (Å²) < 4.78 is 75.4. The Balaban J connectivity index is 2.98. The quantitative estimate of drug-likeness (QED) is 0.0147. The number of aliphatic hydroxyl groups is 2. The van der Waals surface area contributed by atoms with E-state index in [4.69, 9.17) is 45.5 Å². The molecule has 21 heteroatoms. The number of ether oxygens (including phenoxy) is 4. The van der Waals surface area contributed by atoms with Gasteiger partial charge >= 0.3 is 0 Å². The lowest BCUT2D eigenvalue weighted by Gasteiger charge is -2.55. The summed E-state index contributed by atoms with van der Waals surface area (Å²) in [5, 5.41) is 28.8. The van der Waals surface area contributed by atoms with Gasteiger partial charge in [0.2, 0.25) is 0 Å². The number of hydrogen-bond donors (Lipinski definition) is 2. The second-order valence-electron chi connectivity index (χ2n) is 25.9. The lowest BCUT2D eigenvalue weighted by Crippen LogP contribution is -2.70. The van der Waals surface area contributed by atoms with Crippen molar-refractivity contribution in [2.45, 2.75) is 391 Å². The minimum atomic E-state index is -2.57. The Morgan fingerprint density at radius 1 is 0.437 bits per heavy atom. The van der Waals surface area contributed by atoms with Crippen LogP contribution in [-0.4, -0.2) is 153 Å². The predicted octanol–water partition coefficient (Wildman–Crippen LogP) is 19.1. The van der Waals surface area contributed by atoms with Crippen molar-refractivity contribution >= 4 is 49.9 Å². The summed E-state index contributed by atoms with van der Waals surface area (Å²) in [7, 11) is -14.3. The zero-order chi connectivity index (χ0) is 65.2. The van der Waals surface area contributed by atoms with Crippen molar-refractivity contribution in [1.82, 2.24) is 0 Å². The first-order chi connectivity index (χ1) is 41.8. The summed E-state index contributed by atoms with van der Waals surface area (Å²) in [6.07, 6.45) is 8.79. The number of allylic oxidation sites excluding steroid dienone is 1. The van der Waals surface area contributed by atoms with Gasteiger partial charge in [-0.3, -0.25) is 0 Å². The predicted molar refractivity (Wildman–Crippen MR) is 378 cm³/mol. The second-order valence-corrected chi connectivity index (χ2v) is 54.4. The summed E-state index contributed by atoms with van der Waals surface area (Å²) >= 11 is 0. The molecule has 0 aliphatic carbocycles. The second kappa shape index (κ2) is 43.8. The molecular formula is C66H139N3O12Si6. The number of azide groups is 1. The van der Waals surface area contributed by atoms with Gasteiger partial charge in [0.25, 0.3) is 0 Å². The Bertz CT molecular complexity index is 1790. The van der Waals surface area contributed by atoms with Crippen LogP contribution in [0.5, 0.6) is 0 Å². The van der Waals surface area contributed by atoms with E-state index in [1.54, 1.807) is 6.08 Å². The zero-order valence-corrected chi connectivity index (χ0v) is 65.7. The molecule has 15 nitrogen and oxygen atoms in total. The monoisotopic (exact) mass is 1330 g/mol. The van der Waals surface area contributed by atoms with Crippen molar-refractivity contribution in [2.24, 2.45) is 5.11 Å². The van der Waals surface area contributed by atoms with Crippen LogP contribution in [0.15, 0.2) is 17.3 Å². The molecule has 2 aliphatic rings. The largest absolute Gasteiger partial charge is 0.414 e. The SMILES string of the molecule is CCCCCCCCCCCCC/C=C/[C@@H](O)[C@H](CO[C@@H]1O[C@H](CO[Si](CC)(CC)CC)[C@@H](O[C@@H]2O[C@H](CO[Si](CC)(CC)CC)[C@H](O[Si](CC)(CC)CC)[C@H](O[Si](CC)(CC)CC)[C@H]2O[Si](CC)(CC)CC)[C@H](O[Si](CC)(CC)CC)[C@H]1O)N=[N+]=[N-]. The van der Waals surface area contributed by atoms with Crippen LogP contribution in [0.3, 0.4) is 0 Å². The van der Waals surface area contributed by atoms with Gasteiger partial charge in [0.05, 0.1) is 32.0 Å². The van der Waals surface area contributed by atoms with Crippen molar-refractivity contribution < 1.29 is 55.7 Å². The van der Waals surface area contributed by atoms with Crippen LogP contribution in [0.2, 0.25) is 109 Å². The molecule has 514 valence electrons. The molecule has 0 unspecified atom stereocenters. The fourth-order valence-corrected chi connectivity index (χ4v) is 30.3. The first kappa shape index (κ1) is 83.0. The minimum Gasteiger partial charge on any atom is -0.414 e. The van der Waals surface area contributed by atoms with Crippen LogP contribution in [0.25, 0.3) is 10.4 Å². The highest BCUT2D eigenvalue weighted by molar-refractivity contribution is 6.75. The third kappa shape index (κ3) is 24.5. The van der Waals surface area contributed by atoms with E-state index in [1.165, 1.54) is 57.8 Å². The van der Waals surface area contributed by atoms with Crippen LogP contribution in [0.4, 0.5) is 0 Å². The normalized spacial score (nSPS) is 24.4. The van der Waals surface area contributed by atoms with Crippen molar-refractivity contribution in [3.8, 4) is 0 Å². The standard InChI is InChI=1S/C66H139N3O12Si6/c1-20-39-40-41-42-43-44-45-46-47-48-49-50-51-56(70)55(68-69-67)52-72-65-59(71)62(79-85(30-11,31-12)32-13)60(57(75-65)53-73-82(21-2,22-3)23-4)77-66-64(81-87(36-17,37-18)38-19)63(80-86(33-14,34-15)35-16)61(78-84(27-8,28-9)29-10)58(76-66)54-74-83(24-5,25-6)26-7/h50-51,55-66,70-71H,20-49,52-54H2,1-19H3/b51-50+/t55-,56+,57+,58+,59+,60+,61-,62+,63-,64+,65+,66-/m0/s1. The van der Waals surface area contributed by atoms with Gasteiger partial charge in [-0.25, -0.2) is 0 Å². The molecule has 0 saturated carbocycles. The van der Waals surface area contributed by atoms with Gasteiger partial charge < -0.3 is 55.7 Å². The van der Waals surface area contributed by atoms with Crippen molar-refractivity contribution in [1.29, 1.82) is 0 Å². The number of unbranched alkanes of at least 4 members (excludes halogenated alkanes) is 11. The Kier molecular flexibility index (Phi) is 41.7. The van der Waals surface area contributed by atoms with Gasteiger partial charge in [-0.05, 0) is 127 Å². The van der Waals surface area contributed by atoms with Crippen molar-refractivity contribution in [3.05, 3.63) is 22.6 Å². The van der Waals surface area contributed by atoms with Gasteiger partial charge in [0.1, 0.15) is 48.8 Å². The van der Waals surface area contributed by atoms with Gasteiger partial charge in [-0.1, -0.05) is 213 Å². The van der Waals surface area contributed by atoms with E-state index in [0.29, 0.717) is 6.61 Å². The summed E-state index contributed by atoms with van der Waals surface area (Å²) in [6.45, 7) is 43.3. The molecule has 0 radical (unpaired) electrons. The molecule has 2 heterocycles. The molecule has 0 amide bonds. The van der Waals surface area contributed by atoms with E-state index in [2.05, 4.69) is 142 Å². The number of nitrogens with zero attached hydrogens (tertiary/aromatic N) is 3. The van der Waals surface area contributed by atoms with Crippen molar-refractivity contribution in [3.63, 3.8) is 0 Å². The fourth-order valence-electron chi connectivity index (χ4n) is 13.7. The third-order valence-electron chi connectivity index (χ3n) is 22.1. The minimum absolute atomic E-state index is 0.169. The highest BCUT2D eigenvalue weighted by Gasteiger charge is 2.59. The summed E-state index contributed by atoms with van der Waals surface area (Å²) in [5.41, 5.74) is 9.86. The van der Waals surface area contributed by atoms with E-state index in [9.17, 15) is 15.7 Å². The Morgan fingerprint density at radius 2 is 0.782 bits per heavy atom. The van der Waals surface area contributed by atoms with Crippen LogP contribution in [0, 0.1) is 0 Å². The van der Waals surface area contributed by atoms with Gasteiger partial charge in [-0.2, -0.15) is 0 Å². The van der Waals surface area contributed by atoms with E-state index in [-0.39, 0.29) is 13.2 Å². The highest BCUT2D eigenvalue weighted by atomic mass is 28.4. The molecule has 0 aromatic carbocycles. The van der Waals surface area contributed by atoms with Crippen LogP contribution in [0.1, 0.15) is 209 Å². The molecule has 0 aromatic rings.